The van der Waals surface area contributed by atoms with Gasteiger partial charge in [-0.25, -0.2) is 9.52 Å². The van der Waals surface area contributed by atoms with Gasteiger partial charge < -0.3 is 4.74 Å². The molecule has 1 atom stereocenters. The molecular weight excluding hydrogens is 200 g/mol. The number of alkyl halides is 1. The fourth-order valence-electron chi connectivity index (χ4n) is 0.701. The smallest absolute Gasteiger partial charge is 0.348 e. The summed E-state index contributed by atoms with van der Waals surface area (Å²) in [7, 11) is 1.21. The van der Waals surface area contributed by atoms with Gasteiger partial charge in [0.25, 0.3) is 0 Å². The van der Waals surface area contributed by atoms with E-state index in [1.165, 1.54) is 12.5 Å². The molecule has 64 valence electrons. The molecule has 0 aromatic carbocycles. The summed E-state index contributed by atoms with van der Waals surface area (Å²) in [6, 6.07) is 1.81. The number of carbonyl (C=O) groups is 1. The summed E-state index contributed by atoms with van der Waals surface area (Å²) < 4.78 is 7.01. The molecule has 1 aliphatic rings. The van der Waals surface area contributed by atoms with E-state index in [-0.39, 0.29) is 5.57 Å². The second-order valence-electron chi connectivity index (χ2n) is 2.01. The number of carbonyl (C=O) groups excluding carboxylic acids is 1. The van der Waals surface area contributed by atoms with Gasteiger partial charge in [0, 0.05) is 5.41 Å². The third kappa shape index (κ3) is 1.29. The zero-order valence-electron chi connectivity index (χ0n) is 6.13. The van der Waals surface area contributed by atoms with Crippen LogP contribution in [-0.4, -0.2) is 18.1 Å². The molecule has 1 heterocycles. The van der Waals surface area contributed by atoms with Crippen molar-refractivity contribution >= 4 is 29.5 Å². The number of hydrogen-bond acceptors (Lipinski definition) is 5. The van der Waals surface area contributed by atoms with Crippen LogP contribution in [0.4, 0.5) is 0 Å². The number of nitriles is 1. The fourth-order valence-corrected chi connectivity index (χ4v) is 1.84. The van der Waals surface area contributed by atoms with Crippen molar-refractivity contribution in [3.63, 3.8) is 0 Å². The average molecular weight is 205 g/mol. The van der Waals surface area contributed by atoms with Gasteiger partial charge in [0.2, 0.25) is 5.00 Å². The highest BCUT2D eigenvalue weighted by Gasteiger charge is 2.45. The van der Waals surface area contributed by atoms with E-state index in [0.29, 0.717) is 0 Å². The molecule has 0 amide bonds. The number of nitrogens with zero attached hydrogens (tertiary/aromatic N) is 1. The van der Waals surface area contributed by atoms with Gasteiger partial charge in [0.15, 0.2) is 0 Å². The van der Waals surface area contributed by atoms with Crippen LogP contribution in [0.5, 0.6) is 0 Å². The van der Waals surface area contributed by atoms with Gasteiger partial charge in [-0.1, -0.05) is 11.6 Å². The van der Waals surface area contributed by atoms with Crippen molar-refractivity contribution in [1.29, 1.82) is 5.26 Å². The van der Waals surface area contributed by atoms with E-state index in [0.717, 1.165) is 11.9 Å². The van der Waals surface area contributed by atoms with Gasteiger partial charge in [-0.3, -0.25) is 0 Å². The lowest BCUT2D eigenvalue weighted by Gasteiger charge is -2.17. The van der Waals surface area contributed by atoms with Gasteiger partial charge in [-0.2, -0.15) is 5.26 Å². The largest absolute Gasteiger partial charge is 0.466 e. The molecule has 0 aromatic rings. The molecule has 0 fully saturated rings. The molecule has 0 saturated carbocycles. The van der Waals surface area contributed by atoms with Gasteiger partial charge in [-0.05, 0) is 11.9 Å². The Bertz CT molecular complexity index is 286. The molecule has 0 bridgehead atoms. The zero-order valence-corrected chi connectivity index (χ0v) is 7.70. The zero-order chi connectivity index (χ0) is 9.19. The van der Waals surface area contributed by atoms with Crippen molar-refractivity contribution < 1.29 is 9.53 Å². The molecule has 1 N–H and O–H groups in total. The Morgan fingerprint density at radius 1 is 2.00 bits per heavy atom. The van der Waals surface area contributed by atoms with Gasteiger partial charge >= 0.3 is 5.97 Å². The highest BCUT2D eigenvalue weighted by Crippen LogP contribution is 2.33. The number of hydrogen-bond donors (Lipinski definition) is 1. The van der Waals surface area contributed by atoms with E-state index in [1.807, 2.05) is 6.07 Å². The van der Waals surface area contributed by atoms with Crippen LogP contribution in [-0.2, 0) is 9.53 Å². The standard InChI is InChI=1S/C6H5ClN2O2S/c1-11-5(10)6(7)4(2-8)3-12-9-6/h3,9H,1H3. The summed E-state index contributed by atoms with van der Waals surface area (Å²) >= 11 is 6.88. The molecule has 1 rings (SSSR count). The summed E-state index contributed by atoms with van der Waals surface area (Å²) in [4.78, 5) is 9.58. The van der Waals surface area contributed by atoms with Gasteiger partial charge in [-0.15, -0.1) is 0 Å². The highest BCUT2D eigenvalue weighted by molar-refractivity contribution is 8.00. The molecule has 4 nitrogen and oxygen atoms in total. The number of rotatable bonds is 1. The molecule has 0 aliphatic carbocycles. The maximum absolute atomic E-state index is 11.1. The molecular formula is C6H5ClN2O2S. The molecule has 0 saturated heterocycles. The first-order valence-electron chi connectivity index (χ1n) is 2.96. The second kappa shape index (κ2) is 3.35. The van der Waals surface area contributed by atoms with Crippen LogP contribution in [0.25, 0.3) is 0 Å². The Balaban J connectivity index is 2.94. The van der Waals surface area contributed by atoms with Gasteiger partial charge in [0.05, 0.1) is 18.8 Å². The Kier molecular flexibility index (Phi) is 2.62. The topological polar surface area (TPSA) is 62.1 Å². The van der Waals surface area contributed by atoms with Crippen molar-refractivity contribution in [2.45, 2.75) is 5.00 Å². The Labute approximate surface area is 78.6 Å². The first-order chi connectivity index (χ1) is 5.65. The first-order valence-corrected chi connectivity index (χ1v) is 4.22. The normalized spacial score (nSPS) is 27.6. The van der Waals surface area contributed by atoms with E-state index < -0.39 is 11.0 Å². The summed E-state index contributed by atoms with van der Waals surface area (Å²) in [6.07, 6.45) is 0. The van der Waals surface area contributed by atoms with Crippen LogP contribution >= 0.6 is 23.5 Å². The molecule has 0 radical (unpaired) electrons. The monoisotopic (exact) mass is 204 g/mol. The lowest BCUT2D eigenvalue weighted by Crippen LogP contribution is -2.43. The van der Waals surface area contributed by atoms with E-state index in [9.17, 15) is 4.79 Å². The maximum atomic E-state index is 11.1. The van der Waals surface area contributed by atoms with Crippen LogP contribution < -0.4 is 4.72 Å². The Morgan fingerprint density at radius 3 is 3.17 bits per heavy atom. The molecule has 1 unspecified atom stereocenters. The fraction of sp³-hybridized carbons (Fsp3) is 0.333. The number of methoxy groups -OCH3 is 1. The predicted molar refractivity (Wildman–Crippen MR) is 45.0 cm³/mol. The minimum Gasteiger partial charge on any atom is -0.466 e. The third-order valence-electron chi connectivity index (χ3n) is 1.33. The van der Waals surface area contributed by atoms with E-state index >= 15 is 0 Å². The van der Waals surface area contributed by atoms with Crippen LogP contribution in [0.2, 0.25) is 0 Å². The number of nitrogens with one attached hydrogen (secondary N) is 1. The summed E-state index contributed by atoms with van der Waals surface area (Å²) in [6.45, 7) is 0. The summed E-state index contributed by atoms with van der Waals surface area (Å²) in [5.74, 6) is -0.679. The minimum atomic E-state index is -1.51. The SMILES string of the molecule is COC(=O)C1(Cl)NSC=C1C#N. The number of esters is 1. The first kappa shape index (κ1) is 9.39. The lowest BCUT2D eigenvalue weighted by atomic mass is 10.1. The van der Waals surface area contributed by atoms with Crippen molar-refractivity contribution in [2.24, 2.45) is 0 Å². The summed E-state index contributed by atoms with van der Waals surface area (Å²) in [5, 5.41) is 10.1. The number of halogens is 1. The van der Waals surface area contributed by atoms with Crippen LogP contribution in [0.1, 0.15) is 0 Å². The van der Waals surface area contributed by atoms with Crippen LogP contribution in [0.15, 0.2) is 11.0 Å². The van der Waals surface area contributed by atoms with Crippen LogP contribution in [0, 0.1) is 11.3 Å². The Morgan fingerprint density at radius 2 is 2.67 bits per heavy atom. The lowest BCUT2D eigenvalue weighted by molar-refractivity contribution is -0.142. The van der Waals surface area contributed by atoms with Crippen LogP contribution in [0.3, 0.4) is 0 Å². The average Bonchev–Trinajstić information content (AvgIpc) is 2.46. The van der Waals surface area contributed by atoms with E-state index in [4.69, 9.17) is 16.9 Å². The highest BCUT2D eigenvalue weighted by atomic mass is 35.5. The molecule has 12 heavy (non-hydrogen) atoms. The minimum absolute atomic E-state index is 0.154. The number of ether oxygens (including phenoxy) is 1. The van der Waals surface area contributed by atoms with Crippen molar-refractivity contribution in [2.75, 3.05) is 7.11 Å². The van der Waals surface area contributed by atoms with E-state index in [2.05, 4.69) is 9.46 Å². The maximum Gasteiger partial charge on any atom is 0.348 e. The third-order valence-corrected chi connectivity index (χ3v) is 2.68. The molecule has 1 aliphatic heterocycles. The van der Waals surface area contributed by atoms with Crippen molar-refractivity contribution in [3.05, 3.63) is 11.0 Å². The van der Waals surface area contributed by atoms with Crippen molar-refractivity contribution in [3.8, 4) is 6.07 Å². The summed E-state index contributed by atoms with van der Waals surface area (Å²) in [5.41, 5.74) is 0.154. The second-order valence-corrected chi connectivity index (χ2v) is 3.26. The Hall–Kier alpha value is -0.700. The molecule has 0 spiro atoms. The van der Waals surface area contributed by atoms with Crippen molar-refractivity contribution in [1.82, 2.24) is 4.72 Å². The van der Waals surface area contributed by atoms with E-state index in [1.54, 1.807) is 0 Å². The molecule has 0 aromatic heterocycles. The predicted octanol–water partition coefficient (Wildman–Crippen LogP) is 0.753. The van der Waals surface area contributed by atoms with Gasteiger partial charge in [0.1, 0.15) is 0 Å². The molecule has 6 heteroatoms. The quantitative estimate of drug-likeness (QED) is 0.296.